The van der Waals surface area contributed by atoms with Crippen LogP contribution < -0.4 is 0 Å². The lowest BCUT2D eigenvalue weighted by Crippen LogP contribution is -2.48. The van der Waals surface area contributed by atoms with Crippen LogP contribution in [0.2, 0.25) is 0 Å². The van der Waals surface area contributed by atoms with Crippen LogP contribution in [0.3, 0.4) is 0 Å². The van der Waals surface area contributed by atoms with Crippen molar-refractivity contribution in [1.29, 1.82) is 0 Å². The number of aromatic nitrogens is 3. The van der Waals surface area contributed by atoms with Gasteiger partial charge in [0.15, 0.2) is 9.84 Å². The van der Waals surface area contributed by atoms with Gasteiger partial charge >= 0.3 is 0 Å². The molecule has 1 aliphatic heterocycles. The number of hydrogen-bond donors (Lipinski definition) is 0. The summed E-state index contributed by atoms with van der Waals surface area (Å²) in [5.74, 6) is 0.428. The molecule has 28 heavy (non-hydrogen) atoms. The highest BCUT2D eigenvalue weighted by Crippen LogP contribution is 2.28. The first kappa shape index (κ1) is 18.3. The van der Waals surface area contributed by atoms with Crippen molar-refractivity contribution in [2.45, 2.75) is 17.2 Å². The molecule has 8 nitrogen and oxygen atoms in total. The van der Waals surface area contributed by atoms with Gasteiger partial charge in [-0.1, -0.05) is 29.4 Å². The normalized spacial score (nSPS) is 14.6. The van der Waals surface area contributed by atoms with Crippen molar-refractivity contribution in [3.05, 3.63) is 60.6 Å². The average molecular weight is 398 g/mol. The first-order valence-electron chi connectivity index (χ1n) is 8.83. The number of carbonyl (C=O) groups is 1. The molecule has 0 unspecified atom stereocenters. The van der Waals surface area contributed by atoms with Crippen LogP contribution in [0.15, 0.2) is 64.1 Å². The minimum atomic E-state index is -3.46. The molecule has 0 atom stereocenters. The predicted octanol–water partition coefficient (Wildman–Crippen LogP) is 1.92. The highest BCUT2D eigenvalue weighted by molar-refractivity contribution is 7.91. The molecule has 0 radical (unpaired) electrons. The van der Waals surface area contributed by atoms with Gasteiger partial charge in [-0.2, -0.15) is 4.98 Å². The lowest BCUT2D eigenvalue weighted by molar-refractivity contribution is -0.135. The molecule has 144 valence electrons. The summed E-state index contributed by atoms with van der Waals surface area (Å²) >= 11 is 0. The summed E-state index contributed by atoms with van der Waals surface area (Å²) in [6.45, 7) is 0.877. The minimum Gasteiger partial charge on any atom is -0.341 e. The average Bonchev–Trinajstić information content (AvgIpc) is 3.16. The lowest BCUT2D eigenvalue weighted by Gasteiger charge is -2.37. The van der Waals surface area contributed by atoms with Crippen LogP contribution in [0.1, 0.15) is 18.2 Å². The number of benzene rings is 1. The zero-order chi connectivity index (χ0) is 19.6. The summed E-state index contributed by atoms with van der Waals surface area (Å²) < 4.78 is 29.8. The van der Waals surface area contributed by atoms with E-state index in [1.165, 1.54) is 12.1 Å². The zero-order valence-corrected chi connectivity index (χ0v) is 15.7. The molecule has 1 saturated heterocycles. The molecule has 3 aromatic rings. The topological polar surface area (TPSA) is 106 Å². The lowest BCUT2D eigenvalue weighted by atomic mass is 10.00. The molecule has 1 amide bonds. The molecule has 0 aliphatic carbocycles. The molecule has 0 N–H and O–H groups in total. The summed E-state index contributed by atoms with van der Waals surface area (Å²) in [4.78, 5) is 22.7. The molecule has 0 spiro atoms. The second-order valence-corrected chi connectivity index (χ2v) is 8.66. The van der Waals surface area contributed by atoms with E-state index in [4.69, 9.17) is 4.52 Å². The Balaban J connectivity index is 1.31. The number of sulfone groups is 1. The Kier molecular flexibility index (Phi) is 4.91. The maximum atomic E-state index is 12.3. The van der Waals surface area contributed by atoms with Crippen LogP contribution in [0.5, 0.6) is 0 Å². The van der Waals surface area contributed by atoms with Gasteiger partial charge in [-0.25, -0.2) is 8.42 Å². The van der Waals surface area contributed by atoms with Crippen LogP contribution >= 0.6 is 0 Å². The Bertz CT molecular complexity index is 1060. The van der Waals surface area contributed by atoms with Crippen LogP contribution in [-0.2, 0) is 14.6 Å². The molecule has 1 aromatic carbocycles. The zero-order valence-electron chi connectivity index (χ0n) is 14.9. The Hall–Kier alpha value is -3.07. The SMILES string of the molecule is O=C(CCS(=O)(=O)c1ccccc1)N1CC(c2nc(-c3ccccn3)no2)C1. The monoisotopic (exact) mass is 398 g/mol. The number of rotatable bonds is 6. The number of nitrogens with zero attached hydrogens (tertiary/aromatic N) is 4. The van der Waals surface area contributed by atoms with Crippen molar-refractivity contribution >= 4 is 15.7 Å². The van der Waals surface area contributed by atoms with Gasteiger partial charge in [0, 0.05) is 25.7 Å². The highest BCUT2D eigenvalue weighted by atomic mass is 32.2. The summed E-state index contributed by atoms with van der Waals surface area (Å²) in [6, 6.07) is 13.6. The molecule has 9 heteroatoms. The van der Waals surface area contributed by atoms with Gasteiger partial charge in [-0.15, -0.1) is 0 Å². The fraction of sp³-hybridized carbons (Fsp3) is 0.263. The van der Waals surface area contributed by atoms with E-state index in [2.05, 4.69) is 15.1 Å². The molecule has 2 aromatic heterocycles. The third-order valence-corrected chi connectivity index (χ3v) is 6.34. The standard InChI is InChI=1S/C19H18N4O4S/c24-17(9-11-28(25,26)15-6-2-1-3-7-15)23-12-14(13-23)19-21-18(22-27-19)16-8-4-5-10-20-16/h1-8,10,14H,9,11-13H2. The molecule has 3 heterocycles. The Morgan fingerprint density at radius 3 is 2.57 bits per heavy atom. The van der Waals surface area contributed by atoms with E-state index >= 15 is 0 Å². The fourth-order valence-corrected chi connectivity index (χ4v) is 4.21. The van der Waals surface area contributed by atoms with E-state index in [0.29, 0.717) is 30.5 Å². The van der Waals surface area contributed by atoms with Crippen molar-refractivity contribution in [3.63, 3.8) is 0 Å². The minimum absolute atomic E-state index is 0.0420. The van der Waals surface area contributed by atoms with Gasteiger partial charge in [0.1, 0.15) is 5.69 Å². The summed E-state index contributed by atoms with van der Waals surface area (Å²) in [7, 11) is -3.46. The maximum absolute atomic E-state index is 12.3. The molecule has 0 bridgehead atoms. The van der Waals surface area contributed by atoms with E-state index in [1.807, 2.05) is 6.07 Å². The number of carbonyl (C=O) groups excluding carboxylic acids is 1. The largest absolute Gasteiger partial charge is 0.341 e. The smallest absolute Gasteiger partial charge is 0.233 e. The Morgan fingerprint density at radius 1 is 1.11 bits per heavy atom. The molecule has 4 rings (SSSR count). The molecule has 0 saturated carbocycles. The molecular weight excluding hydrogens is 380 g/mol. The van der Waals surface area contributed by atoms with E-state index in [0.717, 1.165) is 0 Å². The third kappa shape index (κ3) is 3.79. The van der Waals surface area contributed by atoms with E-state index in [1.54, 1.807) is 41.4 Å². The number of hydrogen-bond acceptors (Lipinski definition) is 7. The van der Waals surface area contributed by atoms with Crippen molar-refractivity contribution in [1.82, 2.24) is 20.0 Å². The van der Waals surface area contributed by atoms with Crippen molar-refractivity contribution in [2.24, 2.45) is 0 Å². The van der Waals surface area contributed by atoms with Gasteiger partial charge in [0.05, 0.1) is 16.6 Å². The first-order valence-corrected chi connectivity index (χ1v) is 10.5. The van der Waals surface area contributed by atoms with Gasteiger partial charge in [-0.3, -0.25) is 9.78 Å². The van der Waals surface area contributed by atoms with E-state index in [-0.39, 0.29) is 28.9 Å². The fourth-order valence-electron chi connectivity index (χ4n) is 2.96. The Labute approximate surface area is 162 Å². The van der Waals surface area contributed by atoms with Crippen molar-refractivity contribution in [3.8, 4) is 11.5 Å². The van der Waals surface area contributed by atoms with Gasteiger partial charge < -0.3 is 9.42 Å². The maximum Gasteiger partial charge on any atom is 0.233 e. The van der Waals surface area contributed by atoms with Crippen molar-refractivity contribution in [2.75, 3.05) is 18.8 Å². The predicted molar refractivity (Wildman–Crippen MR) is 100.0 cm³/mol. The van der Waals surface area contributed by atoms with Gasteiger partial charge in [0.2, 0.25) is 17.6 Å². The van der Waals surface area contributed by atoms with Crippen LogP contribution in [0.25, 0.3) is 11.5 Å². The number of likely N-dealkylation sites (tertiary alicyclic amines) is 1. The number of amides is 1. The van der Waals surface area contributed by atoms with Crippen LogP contribution in [0, 0.1) is 0 Å². The van der Waals surface area contributed by atoms with Crippen molar-refractivity contribution < 1.29 is 17.7 Å². The first-order chi connectivity index (χ1) is 13.5. The van der Waals surface area contributed by atoms with Crippen LogP contribution in [0.4, 0.5) is 0 Å². The summed E-state index contributed by atoms with van der Waals surface area (Å²) in [6.07, 6.45) is 1.60. The summed E-state index contributed by atoms with van der Waals surface area (Å²) in [5, 5.41) is 3.93. The quantitative estimate of drug-likeness (QED) is 0.624. The second-order valence-electron chi connectivity index (χ2n) is 6.55. The highest BCUT2D eigenvalue weighted by Gasteiger charge is 2.36. The molecule has 1 aliphatic rings. The molecule has 1 fully saturated rings. The van der Waals surface area contributed by atoms with E-state index < -0.39 is 9.84 Å². The van der Waals surface area contributed by atoms with Gasteiger partial charge in [-0.05, 0) is 24.3 Å². The summed E-state index contributed by atoms with van der Waals surface area (Å²) in [5.41, 5.74) is 0.621. The van der Waals surface area contributed by atoms with E-state index in [9.17, 15) is 13.2 Å². The number of pyridine rings is 1. The molecular formula is C19H18N4O4S. The third-order valence-electron chi connectivity index (χ3n) is 4.61. The van der Waals surface area contributed by atoms with Crippen LogP contribution in [-0.4, -0.2) is 53.2 Å². The Morgan fingerprint density at radius 2 is 1.86 bits per heavy atom. The second kappa shape index (κ2) is 7.51. The van der Waals surface area contributed by atoms with Gasteiger partial charge in [0.25, 0.3) is 0 Å².